The summed E-state index contributed by atoms with van der Waals surface area (Å²) < 4.78 is 0. The van der Waals surface area contributed by atoms with Crippen LogP contribution in [0, 0.1) is 12.5 Å². The molecule has 0 bridgehead atoms. The van der Waals surface area contributed by atoms with E-state index in [0.29, 0.717) is 0 Å². The second-order valence-corrected chi connectivity index (χ2v) is 1.72. The molecule has 0 saturated carbocycles. The zero-order valence-corrected chi connectivity index (χ0v) is 4.64. The van der Waals surface area contributed by atoms with Crippen LogP contribution in [0.15, 0.2) is 6.08 Å². The van der Waals surface area contributed by atoms with E-state index in [0.717, 1.165) is 6.08 Å². The van der Waals surface area contributed by atoms with E-state index in [9.17, 15) is 4.79 Å². The number of rotatable bonds is 2. The van der Waals surface area contributed by atoms with Gasteiger partial charge in [0.05, 0.1) is 0 Å². The Kier molecular flexibility index (Phi) is 2.34. The van der Waals surface area contributed by atoms with Crippen LogP contribution >= 0.6 is 0 Å². The average Bonchev–Trinajstić information content (AvgIpc) is 1.65. The second kappa shape index (κ2) is 2.56. The molecule has 0 rings (SSSR count). The van der Waals surface area contributed by atoms with E-state index < -0.39 is 0 Å². The predicted octanol–water partition coefficient (Wildman–Crippen LogP) is 1.20. The number of hydrogen-bond acceptors (Lipinski definition) is 1. The van der Waals surface area contributed by atoms with E-state index >= 15 is 0 Å². The van der Waals surface area contributed by atoms with Gasteiger partial charge in [0.15, 0.2) is 5.78 Å². The number of carbonyl (C=O) groups excluding carboxylic acids is 1. The van der Waals surface area contributed by atoms with Gasteiger partial charge < -0.3 is 0 Å². The molecule has 0 saturated heterocycles. The molecule has 0 fully saturated rings. The van der Waals surface area contributed by atoms with E-state index in [1.165, 1.54) is 0 Å². The molecule has 0 aliphatic carbocycles. The Balaban J connectivity index is 3.56. The fourth-order valence-electron chi connectivity index (χ4n) is 0.192. The Morgan fingerprint density at radius 3 is 2.14 bits per heavy atom. The summed E-state index contributed by atoms with van der Waals surface area (Å²) >= 11 is 0. The van der Waals surface area contributed by atoms with Gasteiger partial charge in [-0.2, -0.15) is 0 Å². The molecule has 0 aliphatic heterocycles. The molecule has 0 spiro atoms. The number of allylic oxidation sites excluding steroid dienone is 1. The van der Waals surface area contributed by atoms with Crippen molar-refractivity contribution in [3.63, 3.8) is 0 Å². The molecule has 0 heterocycles. The van der Waals surface area contributed by atoms with Crippen LogP contribution in [0.2, 0.25) is 0 Å². The summed E-state index contributed by atoms with van der Waals surface area (Å²) in [5.74, 6) is 0.0463. The van der Waals surface area contributed by atoms with Crippen LogP contribution in [0.1, 0.15) is 13.8 Å². The molecule has 0 N–H and O–H groups in total. The van der Waals surface area contributed by atoms with E-state index in [1.807, 2.05) is 13.8 Å². The van der Waals surface area contributed by atoms with Crippen molar-refractivity contribution in [3.05, 3.63) is 12.7 Å². The van der Waals surface area contributed by atoms with Crippen LogP contribution in [0.5, 0.6) is 0 Å². The SMILES string of the molecule is [CH]=CC(=O)C(C)C. The van der Waals surface area contributed by atoms with Gasteiger partial charge in [-0.15, -0.1) is 0 Å². The quantitative estimate of drug-likeness (QED) is 0.473. The largest absolute Gasteiger partial charge is 0.295 e. The van der Waals surface area contributed by atoms with E-state index in [2.05, 4.69) is 0 Å². The third kappa shape index (κ3) is 2.15. The molecular weight excluding hydrogens is 88.1 g/mol. The average molecular weight is 97.1 g/mol. The molecule has 0 aromatic carbocycles. The van der Waals surface area contributed by atoms with Crippen molar-refractivity contribution in [1.82, 2.24) is 0 Å². The third-order valence-corrected chi connectivity index (χ3v) is 0.733. The zero-order chi connectivity index (χ0) is 5.86. The predicted molar refractivity (Wildman–Crippen MR) is 28.7 cm³/mol. The second-order valence-electron chi connectivity index (χ2n) is 1.72. The van der Waals surface area contributed by atoms with Crippen LogP contribution < -0.4 is 0 Å². The normalized spacial score (nSPS) is 9.00. The van der Waals surface area contributed by atoms with Crippen molar-refractivity contribution in [2.45, 2.75) is 13.8 Å². The van der Waals surface area contributed by atoms with Crippen molar-refractivity contribution < 1.29 is 4.79 Å². The van der Waals surface area contributed by atoms with Gasteiger partial charge >= 0.3 is 0 Å². The maximum absolute atomic E-state index is 10.3. The molecule has 1 radical (unpaired) electrons. The lowest BCUT2D eigenvalue weighted by Gasteiger charge is -1.92. The van der Waals surface area contributed by atoms with Gasteiger partial charge in [-0.1, -0.05) is 20.4 Å². The first kappa shape index (κ1) is 6.41. The van der Waals surface area contributed by atoms with Crippen LogP contribution in [-0.4, -0.2) is 5.78 Å². The maximum Gasteiger partial charge on any atom is 0.158 e. The van der Waals surface area contributed by atoms with Crippen molar-refractivity contribution in [3.8, 4) is 0 Å². The Morgan fingerprint density at radius 2 is 2.14 bits per heavy atom. The lowest BCUT2D eigenvalue weighted by atomic mass is 10.1. The summed E-state index contributed by atoms with van der Waals surface area (Å²) in [6.07, 6.45) is 1.10. The zero-order valence-electron chi connectivity index (χ0n) is 4.64. The van der Waals surface area contributed by atoms with Gasteiger partial charge in [-0.25, -0.2) is 0 Å². The minimum atomic E-state index is 0.000000000000000222. The van der Waals surface area contributed by atoms with Crippen molar-refractivity contribution in [1.29, 1.82) is 0 Å². The van der Waals surface area contributed by atoms with Gasteiger partial charge in [0.2, 0.25) is 0 Å². The lowest BCUT2D eigenvalue weighted by molar-refractivity contribution is -0.117. The molecule has 0 aromatic heterocycles. The molecule has 7 heavy (non-hydrogen) atoms. The molecule has 0 amide bonds. The van der Waals surface area contributed by atoms with Crippen LogP contribution in [0.4, 0.5) is 0 Å². The Bertz CT molecular complexity index is 82.2. The van der Waals surface area contributed by atoms with Gasteiger partial charge in [0, 0.05) is 5.92 Å². The number of hydrogen-bond donors (Lipinski definition) is 0. The van der Waals surface area contributed by atoms with Gasteiger partial charge in [0.1, 0.15) is 0 Å². The Hall–Kier alpha value is -0.590. The van der Waals surface area contributed by atoms with Crippen molar-refractivity contribution >= 4 is 5.78 Å². The molecule has 1 nitrogen and oxygen atoms in total. The highest BCUT2D eigenvalue weighted by atomic mass is 16.1. The molecule has 0 unspecified atom stereocenters. The minimum Gasteiger partial charge on any atom is -0.295 e. The molecule has 1 heteroatoms. The Morgan fingerprint density at radius 1 is 1.71 bits per heavy atom. The summed E-state index contributed by atoms with van der Waals surface area (Å²) in [5.41, 5.74) is 0. The Labute approximate surface area is 44.0 Å². The van der Waals surface area contributed by atoms with Crippen molar-refractivity contribution in [2.75, 3.05) is 0 Å². The topological polar surface area (TPSA) is 17.1 Å². The van der Waals surface area contributed by atoms with Crippen molar-refractivity contribution in [2.24, 2.45) is 5.92 Å². The first-order chi connectivity index (χ1) is 3.18. The highest BCUT2D eigenvalue weighted by Gasteiger charge is 1.98. The number of carbonyl (C=O) groups is 1. The van der Waals surface area contributed by atoms with Gasteiger partial charge in [-0.05, 0) is 6.08 Å². The third-order valence-electron chi connectivity index (χ3n) is 0.733. The highest BCUT2D eigenvalue weighted by Crippen LogP contribution is 1.92. The minimum absolute atomic E-state index is 0.000000000000000222. The van der Waals surface area contributed by atoms with E-state index in [4.69, 9.17) is 6.58 Å². The molecule has 0 atom stereocenters. The molecule has 0 aromatic rings. The smallest absolute Gasteiger partial charge is 0.158 e. The van der Waals surface area contributed by atoms with E-state index in [1.54, 1.807) is 0 Å². The van der Waals surface area contributed by atoms with Crippen LogP contribution in [0.3, 0.4) is 0 Å². The fourth-order valence-corrected chi connectivity index (χ4v) is 0.192. The first-order valence-corrected chi connectivity index (χ1v) is 2.27. The molecule has 39 valence electrons. The van der Waals surface area contributed by atoms with Crippen LogP contribution in [-0.2, 0) is 4.79 Å². The lowest BCUT2D eigenvalue weighted by Crippen LogP contribution is -2.00. The van der Waals surface area contributed by atoms with Gasteiger partial charge in [0.25, 0.3) is 0 Å². The highest BCUT2D eigenvalue weighted by molar-refractivity contribution is 5.90. The number of ketones is 1. The summed E-state index contributed by atoms with van der Waals surface area (Å²) in [6.45, 7) is 8.52. The van der Waals surface area contributed by atoms with Crippen LogP contribution in [0.25, 0.3) is 0 Å². The summed E-state index contributed by atoms with van der Waals surface area (Å²) in [7, 11) is 0. The van der Waals surface area contributed by atoms with Gasteiger partial charge in [-0.3, -0.25) is 4.79 Å². The summed E-state index contributed by atoms with van der Waals surface area (Å²) in [4.78, 5) is 10.3. The summed E-state index contributed by atoms with van der Waals surface area (Å²) in [6, 6.07) is 0. The standard InChI is InChI=1S/C6H9O/c1-4-6(7)5(2)3/h1,4-5H,2-3H3. The molecule has 0 aliphatic rings. The van der Waals surface area contributed by atoms with E-state index in [-0.39, 0.29) is 11.7 Å². The fraction of sp³-hybridized carbons (Fsp3) is 0.500. The monoisotopic (exact) mass is 97.1 g/mol. The summed E-state index contributed by atoms with van der Waals surface area (Å²) in [5, 5.41) is 0. The first-order valence-electron chi connectivity index (χ1n) is 2.27. The molecular formula is C6H9O. The maximum atomic E-state index is 10.3.